The van der Waals surface area contributed by atoms with E-state index < -0.39 is 5.97 Å². The lowest BCUT2D eigenvalue weighted by molar-refractivity contribution is -0.137. The number of carbonyl (C=O) groups is 1. The zero-order chi connectivity index (χ0) is 13.7. The summed E-state index contributed by atoms with van der Waals surface area (Å²) < 4.78 is 5.31. The van der Waals surface area contributed by atoms with Crippen LogP contribution >= 0.6 is 0 Å². The van der Waals surface area contributed by atoms with Crippen LogP contribution in [0.15, 0.2) is 47.1 Å². The maximum absolute atomic E-state index is 11.0. The van der Waals surface area contributed by atoms with Crippen LogP contribution in [0.3, 0.4) is 0 Å². The fraction of sp³-hybridized carbons (Fsp3) is 0.312. The zero-order valence-electron chi connectivity index (χ0n) is 11.0. The van der Waals surface area contributed by atoms with Crippen molar-refractivity contribution in [3.8, 4) is 0 Å². The third-order valence-electron chi connectivity index (χ3n) is 3.37. The number of hydrogen-bond donors (Lipinski definition) is 1. The molecule has 2 rings (SSSR count). The number of aliphatic carboxylic acids is 1. The lowest BCUT2D eigenvalue weighted by Gasteiger charge is -2.17. The largest absolute Gasteiger partial charge is 0.481 e. The van der Waals surface area contributed by atoms with Crippen LogP contribution in [0.25, 0.3) is 0 Å². The Hall–Kier alpha value is -2.03. The summed E-state index contributed by atoms with van der Waals surface area (Å²) in [7, 11) is 0. The van der Waals surface area contributed by atoms with Crippen LogP contribution in [0.5, 0.6) is 0 Å². The predicted octanol–water partition coefficient (Wildman–Crippen LogP) is 3.78. The normalized spacial score (nSPS) is 12.3. The predicted molar refractivity (Wildman–Crippen MR) is 73.2 cm³/mol. The van der Waals surface area contributed by atoms with Crippen molar-refractivity contribution in [1.29, 1.82) is 0 Å². The summed E-state index contributed by atoms with van der Waals surface area (Å²) in [6.45, 7) is 2.02. The van der Waals surface area contributed by atoms with Crippen LogP contribution in [0.1, 0.15) is 35.6 Å². The molecule has 0 fully saturated rings. The first-order valence-electron chi connectivity index (χ1n) is 6.46. The lowest BCUT2D eigenvalue weighted by atomic mass is 9.88. The second-order valence-corrected chi connectivity index (χ2v) is 4.77. The van der Waals surface area contributed by atoms with Gasteiger partial charge >= 0.3 is 5.97 Å². The molecule has 100 valence electrons. The zero-order valence-corrected chi connectivity index (χ0v) is 11.0. The third kappa shape index (κ3) is 3.71. The van der Waals surface area contributed by atoms with Crippen molar-refractivity contribution in [2.75, 3.05) is 0 Å². The minimum atomic E-state index is -0.757. The summed E-state index contributed by atoms with van der Waals surface area (Å²) in [5.74, 6) is 0.181. The highest BCUT2D eigenvalue weighted by molar-refractivity contribution is 5.68. The number of carboxylic acid groups (broad SMARTS) is 1. The number of hydrogen-bond acceptors (Lipinski definition) is 2. The van der Waals surface area contributed by atoms with E-state index in [1.54, 1.807) is 6.26 Å². The van der Waals surface area contributed by atoms with Gasteiger partial charge < -0.3 is 9.52 Å². The van der Waals surface area contributed by atoms with Crippen molar-refractivity contribution >= 4 is 5.97 Å². The van der Waals surface area contributed by atoms with Crippen molar-refractivity contribution in [1.82, 2.24) is 0 Å². The quantitative estimate of drug-likeness (QED) is 0.857. The number of benzene rings is 1. The van der Waals surface area contributed by atoms with E-state index in [1.807, 2.05) is 43.3 Å². The average molecular weight is 258 g/mol. The van der Waals surface area contributed by atoms with Gasteiger partial charge in [-0.15, -0.1) is 0 Å². The molecule has 0 aliphatic carbocycles. The smallest absolute Gasteiger partial charge is 0.303 e. The van der Waals surface area contributed by atoms with E-state index in [2.05, 4.69) is 0 Å². The molecular weight excluding hydrogens is 240 g/mol. The highest BCUT2D eigenvalue weighted by Crippen LogP contribution is 2.28. The Kier molecular flexibility index (Phi) is 4.39. The molecule has 1 N–H and O–H groups in total. The monoisotopic (exact) mass is 258 g/mol. The number of carboxylic acids is 1. The summed E-state index contributed by atoms with van der Waals surface area (Å²) >= 11 is 0. The molecule has 3 nitrogen and oxygen atoms in total. The fourth-order valence-corrected chi connectivity index (χ4v) is 2.39. The van der Waals surface area contributed by atoms with Crippen molar-refractivity contribution in [2.45, 2.75) is 32.1 Å². The maximum atomic E-state index is 11.0. The molecule has 0 amide bonds. The molecule has 0 bridgehead atoms. The Balaban J connectivity index is 2.11. The van der Waals surface area contributed by atoms with Gasteiger partial charge in [0.15, 0.2) is 0 Å². The second kappa shape index (κ2) is 6.23. The minimum absolute atomic E-state index is 0.0313. The number of rotatable bonds is 6. The average Bonchev–Trinajstić information content (AvgIpc) is 2.88. The van der Waals surface area contributed by atoms with E-state index in [4.69, 9.17) is 9.52 Å². The molecule has 1 heterocycles. The number of furan rings is 1. The van der Waals surface area contributed by atoms with Gasteiger partial charge in [0.2, 0.25) is 0 Å². The van der Waals surface area contributed by atoms with Gasteiger partial charge in [0.05, 0.1) is 12.7 Å². The van der Waals surface area contributed by atoms with E-state index in [9.17, 15) is 4.79 Å². The molecule has 0 aliphatic heterocycles. The van der Waals surface area contributed by atoms with Crippen LogP contribution in [0.4, 0.5) is 0 Å². The second-order valence-electron chi connectivity index (χ2n) is 4.77. The Bertz CT molecular complexity index is 529. The van der Waals surface area contributed by atoms with Gasteiger partial charge in [-0.2, -0.15) is 0 Å². The Morgan fingerprint density at radius 2 is 2.05 bits per heavy atom. The van der Waals surface area contributed by atoms with Gasteiger partial charge in [-0.05, 0) is 42.5 Å². The summed E-state index contributed by atoms with van der Waals surface area (Å²) in [4.78, 5) is 11.0. The first-order chi connectivity index (χ1) is 9.16. The van der Waals surface area contributed by atoms with E-state index in [-0.39, 0.29) is 12.3 Å². The van der Waals surface area contributed by atoms with Crippen LogP contribution in [0, 0.1) is 6.92 Å². The lowest BCUT2D eigenvalue weighted by Crippen LogP contribution is -2.09. The standard InChI is InChI=1S/C16H18O3/c1-12-5-2-3-7-15(12)13(11-16(17)18)8-9-14-6-4-10-19-14/h2-7,10,13H,8-9,11H2,1H3,(H,17,18). The van der Waals surface area contributed by atoms with E-state index in [0.29, 0.717) is 0 Å². The first-order valence-corrected chi connectivity index (χ1v) is 6.46. The number of aryl methyl sites for hydroxylation is 2. The summed E-state index contributed by atoms with van der Waals surface area (Å²) in [6, 6.07) is 11.8. The molecule has 3 heteroatoms. The van der Waals surface area contributed by atoms with Crippen LogP contribution in [-0.4, -0.2) is 11.1 Å². The Morgan fingerprint density at radius 1 is 1.26 bits per heavy atom. The van der Waals surface area contributed by atoms with Crippen molar-refractivity contribution in [3.63, 3.8) is 0 Å². The molecule has 1 aromatic heterocycles. The van der Waals surface area contributed by atoms with Gasteiger partial charge in [0.25, 0.3) is 0 Å². The molecule has 0 saturated heterocycles. The van der Waals surface area contributed by atoms with Gasteiger partial charge in [-0.3, -0.25) is 4.79 Å². The van der Waals surface area contributed by atoms with Crippen molar-refractivity contribution in [3.05, 3.63) is 59.5 Å². The van der Waals surface area contributed by atoms with E-state index in [1.165, 1.54) is 0 Å². The maximum Gasteiger partial charge on any atom is 0.303 e. The first kappa shape index (κ1) is 13.4. The van der Waals surface area contributed by atoms with Gasteiger partial charge in [-0.25, -0.2) is 0 Å². The van der Waals surface area contributed by atoms with Gasteiger partial charge in [-0.1, -0.05) is 24.3 Å². The van der Waals surface area contributed by atoms with Crippen LogP contribution < -0.4 is 0 Å². The molecule has 0 saturated carbocycles. The highest BCUT2D eigenvalue weighted by atomic mass is 16.4. The molecule has 0 spiro atoms. The van der Waals surface area contributed by atoms with Crippen LogP contribution in [-0.2, 0) is 11.2 Å². The molecule has 2 aromatic rings. The molecular formula is C16H18O3. The van der Waals surface area contributed by atoms with Crippen LogP contribution in [0.2, 0.25) is 0 Å². The van der Waals surface area contributed by atoms with E-state index in [0.717, 1.165) is 29.7 Å². The highest BCUT2D eigenvalue weighted by Gasteiger charge is 2.17. The summed E-state index contributed by atoms with van der Waals surface area (Å²) in [5.41, 5.74) is 2.27. The molecule has 1 aromatic carbocycles. The topological polar surface area (TPSA) is 50.4 Å². The fourth-order valence-electron chi connectivity index (χ4n) is 2.39. The molecule has 0 aliphatic rings. The summed E-state index contributed by atoms with van der Waals surface area (Å²) in [6.07, 6.45) is 3.35. The molecule has 1 unspecified atom stereocenters. The van der Waals surface area contributed by atoms with Crippen molar-refractivity contribution < 1.29 is 14.3 Å². The van der Waals surface area contributed by atoms with Crippen molar-refractivity contribution in [2.24, 2.45) is 0 Å². The molecule has 19 heavy (non-hydrogen) atoms. The Morgan fingerprint density at radius 3 is 2.68 bits per heavy atom. The molecule has 0 radical (unpaired) electrons. The Labute approximate surface area is 112 Å². The SMILES string of the molecule is Cc1ccccc1C(CCc1ccco1)CC(=O)O. The molecule has 1 atom stereocenters. The van der Waals surface area contributed by atoms with E-state index >= 15 is 0 Å². The van der Waals surface area contributed by atoms with Gasteiger partial charge in [0, 0.05) is 6.42 Å². The third-order valence-corrected chi connectivity index (χ3v) is 3.37. The summed E-state index contributed by atoms with van der Waals surface area (Å²) in [5, 5.41) is 9.07. The minimum Gasteiger partial charge on any atom is -0.481 e. The van der Waals surface area contributed by atoms with Gasteiger partial charge in [0.1, 0.15) is 5.76 Å².